The first kappa shape index (κ1) is 18.7. The Kier molecular flexibility index (Phi) is 4.75. The van der Waals surface area contributed by atoms with Crippen LogP contribution in [0.2, 0.25) is 0 Å². The van der Waals surface area contributed by atoms with E-state index < -0.39 is 18.0 Å². The third kappa shape index (κ3) is 3.68. The molecule has 0 radical (unpaired) electrons. The summed E-state index contributed by atoms with van der Waals surface area (Å²) < 4.78 is 17.4. The van der Waals surface area contributed by atoms with Crippen molar-refractivity contribution in [3.05, 3.63) is 41.5 Å². The molecule has 0 aliphatic carbocycles. The molecule has 1 aliphatic rings. The third-order valence-corrected chi connectivity index (χ3v) is 4.63. The van der Waals surface area contributed by atoms with Crippen LogP contribution in [0.15, 0.2) is 24.5 Å². The summed E-state index contributed by atoms with van der Waals surface area (Å²) in [4.78, 5) is 33.2. The van der Waals surface area contributed by atoms with Crippen molar-refractivity contribution < 1.29 is 23.8 Å². The lowest BCUT2D eigenvalue weighted by Crippen LogP contribution is -2.30. The lowest BCUT2D eigenvalue weighted by atomic mass is 10.1. The number of esters is 1. The van der Waals surface area contributed by atoms with E-state index in [9.17, 15) is 9.59 Å². The van der Waals surface area contributed by atoms with E-state index in [2.05, 4.69) is 20.4 Å². The third-order valence-electron chi connectivity index (χ3n) is 4.63. The summed E-state index contributed by atoms with van der Waals surface area (Å²) in [5, 5.41) is 6.79. The molecule has 29 heavy (non-hydrogen) atoms. The minimum absolute atomic E-state index is 0.0257. The Morgan fingerprint density at radius 3 is 2.90 bits per heavy atom. The Labute approximate surface area is 165 Å². The topological polar surface area (TPSA) is 117 Å². The number of hydrogen-bond acceptors (Lipinski definition) is 8. The SMILES string of the molecule is Cc1nc2ncnn2c(C)c1CC(=O)O[C@H](C)C(=O)Nc1ccc2c(c1)OCO2. The molecule has 10 heteroatoms. The Bertz CT molecular complexity index is 1110. The van der Waals surface area contributed by atoms with Crippen LogP contribution in [0.5, 0.6) is 11.5 Å². The van der Waals surface area contributed by atoms with E-state index in [-0.39, 0.29) is 13.2 Å². The maximum Gasteiger partial charge on any atom is 0.311 e. The molecular formula is C19H19N5O5. The maximum absolute atomic E-state index is 12.4. The van der Waals surface area contributed by atoms with Crippen molar-refractivity contribution in [1.29, 1.82) is 0 Å². The fraction of sp³-hybridized carbons (Fsp3) is 0.316. The minimum Gasteiger partial charge on any atom is -0.454 e. The van der Waals surface area contributed by atoms with Crippen molar-refractivity contribution in [1.82, 2.24) is 19.6 Å². The van der Waals surface area contributed by atoms with Crippen LogP contribution >= 0.6 is 0 Å². The highest BCUT2D eigenvalue weighted by atomic mass is 16.7. The molecule has 1 atom stereocenters. The summed E-state index contributed by atoms with van der Waals surface area (Å²) in [6, 6.07) is 5.04. The number of aryl methyl sites for hydroxylation is 2. The van der Waals surface area contributed by atoms with Crippen LogP contribution in [0.3, 0.4) is 0 Å². The van der Waals surface area contributed by atoms with Gasteiger partial charge in [0.15, 0.2) is 17.6 Å². The molecule has 1 N–H and O–H groups in total. The number of anilines is 1. The van der Waals surface area contributed by atoms with E-state index >= 15 is 0 Å². The summed E-state index contributed by atoms with van der Waals surface area (Å²) in [5.41, 5.74) is 2.63. The molecule has 0 spiro atoms. The van der Waals surface area contributed by atoms with E-state index in [1.54, 1.807) is 29.6 Å². The van der Waals surface area contributed by atoms with Gasteiger partial charge in [-0.2, -0.15) is 10.1 Å². The number of benzene rings is 1. The second-order valence-electron chi connectivity index (χ2n) is 6.60. The number of hydrogen-bond donors (Lipinski definition) is 1. The van der Waals surface area contributed by atoms with Crippen LogP contribution in [0.1, 0.15) is 23.9 Å². The van der Waals surface area contributed by atoms with Gasteiger partial charge < -0.3 is 19.5 Å². The van der Waals surface area contributed by atoms with Crippen molar-refractivity contribution in [2.24, 2.45) is 0 Å². The number of fused-ring (bicyclic) bond motifs is 2. The van der Waals surface area contributed by atoms with Gasteiger partial charge in [0.1, 0.15) is 6.33 Å². The van der Waals surface area contributed by atoms with E-state index in [4.69, 9.17) is 14.2 Å². The highest BCUT2D eigenvalue weighted by molar-refractivity contribution is 5.95. The number of carbonyl (C=O) groups excluding carboxylic acids is 2. The van der Waals surface area contributed by atoms with Crippen LogP contribution in [-0.4, -0.2) is 44.4 Å². The molecule has 0 bridgehead atoms. The van der Waals surface area contributed by atoms with Crippen molar-refractivity contribution in [2.75, 3.05) is 12.1 Å². The fourth-order valence-corrected chi connectivity index (χ4v) is 3.07. The van der Waals surface area contributed by atoms with Gasteiger partial charge in [-0.15, -0.1) is 0 Å². The zero-order chi connectivity index (χ0) is 20.5. The molecule has 4 rings (SSSR count). The molecule has 1 aliphatic heterocycles. The average molecular weight is 397 g/mol. The maximum atomic E-state index is 12.4. The molecule has 10 nitrogen and oxygen atoms in total. The highest BCUT2D eigenvalue weighted by Crippen LogP contribution is 2.34. The lowest BCUT2D eigenvalue weighted by Gasteiger charge is -2.15. The van der Waals surface area contributed by atoms with Gasteiger partial charge in [0.2, 0.25) is 6.79 Å². The first-order chi connectivity index (χ1) is 13.9. The lowest BCUT2D eigenvalue weighted by molar-refractivity contribution is -0.152. The van der Waals surface area contributed by atoms with Gasteiger partial charge in [-0.25, -0.2) is 9.50 Å². The Morgan fingerprint density at radius 1 is 1.28 bits per heavy atom. The number of rotatable bonds is 5. The molecule has 0 unspecified atom stereocenters. The van der Waals surface area contributed by atoms with Gasteiger partial charge >= 0.3 is 5.97 Å². The number of nitrogens with one attached hydrogen (secondary N) is 1. The van der Waals surface area contributed by atoms with Crippen LogP contribution < -0.4 is 14.8 Å². The van der Waals surface area contributed by atoms with Crippen LogP contribution in [0.4, 0.5) is 5.69 Å². The first-order valence-corrected chi connectivity index (χ1v) is 8.98. The van der Waals surface area contributed by atoms with Crippen molar-refractivity contribution >= 4 is 23.3 Å². The molecular weight excluding hydrogens is 378 g/mol. The number of nitrogens with zero attached hydrogens (tertiary/aromatic N) is 4. The molecule has 0 saturated carbocycles. The van der Waals surface area contributed by atoms with Crippen LogP contribution in [0.25, 0.3) is 5.78 Å². The van der Waals surface area contributed by atoms with E-state index in [1.807, 2.05) is 6.92 Å². The monoisotopic (exact) mass is 397 g/mol. The second kappa shape index (κ2) is 7.38. The summed E-state index contributed by atoms with van der Waals surface area (Å²) in [5.74, 6) is 0.649. The molecule has 3 heterocycles. The van der Waals surface area contributed by atoms with Crippen molar-refractivity contribution in [3.63, 3.8) is 0 Å². The number of carbonyl (C=O) groups is 2. The van der Waals surface area contributed by atoms with E-state index in [0.29, 0.717) is 34.2 Å². The smallest absolute Gasteiger partial charge is 0.311 e. The molecule has 3 aromatic rings. The standard InChI is InChI=1S/C19H19N5O5/c1-10-14(11(2)24-19(22-10)20-8-21-24)7-17(25)29-12(3)18(26)23-13-4-5-15-16(6-13)28-9-27-15/h4-6,8,12H,7,9H2,1-3H3,(H,23,26)/t12-/m1/s1. The van der Waals surface area contributed by atoms with Gasteiger partial charge in [0.25, 0.3) is 11.7 Å². The number of aromatic nitrogens is 4. The van der Waals surface area contributed by atoms with E-state index in [0.717, 1.165) is 5.69 Å². The fourth-order valence-electron chi connectivity index (χ4n) is 3.07. The van der Waals surface area contributed by atoms with Gasteiger partial charge in [0.05, 0.1) is 6.42 Å². The molecule has 150 valence electrons. The molecule has 1 aromatic carbocycles. The highest BCUT2D eigenvalue weighted by Gasteiger charge is 2.22. The van der Waals surface area contributed by atoms with Crippen molar-refractivity contribution in [2.45, 2.75) is 33.3 Å². The Morgan fingerprint density at radius 2 is 2.07 bits per heavy atom. The van der Waals surface area contributed by atoms with Gasteiger partial charge in [0, 0.05) is 28.7 Å². The molecule has 2 aromatic heterocycles. The predicted octanol–water partition coefficient (Wildman–Crippen LogP) is 1.58. The zero-order valence-corrected chi connectivity index (χ0v) is 16.1. The predicted molar refractivity (Wildman–Crippen MR) is 101 cm³/mol. The summed E-state index contributed by atoms with van der Waals surface area (Å²) >= 11 is 0. The summed E-state index contributed by atoms with van der Waals surface area (Å²) in [7, 11) is 0. The number of amides is 1. The Hall–Kier alpha value is -3.69. The molecule has 0 saturated heterocycles. The molecule has 0 fully saturated rings. The van der Waals surface area contributed by atoms with Gasteiger partial charge in [-0.05, 0) is 32.9 Å². The summed E-state index contributed by atoms with van der Waals surface area (Å²) in [6.45, 7) is 5.28. The minimum atomic E-state index is -0.975. The number of ether oxygens (including phenoxy) is 3. The quantitative estimate of drug-likeness (QED) is 0.645. The van der Waals surface area contributed by atoms with Crippen LogP contribution in [0, 0.1) is 13.8 Å². The van der Waals surface area contributed by atoms with Gasteiger partial charge in [-0.1, -0.05) is 0 Å². The Balaban J connectivity index is 1.40. The van der Waals surface area contributed by atoms with Crippen LogP contribution in [-0.2, 0) is 20.7 Å². The van der Waals surface area contributed by atoms with E-state index in [1.165, 1.54) is 13.3 Å². The first-order valence-electron chi connectivity index (χ1n) is 8.98. The van der Waals surface area contributed by atoms with Crippen molar-refractivity contribution in [3.8, 4) is 11.5 Å². The largest absolute Gasteiger partial charge is 0.454 e. The normalized spacial score (nSPS) is 13.3. The summed E-state index contributed by atoms with van der Waals surface area (Å²) in [6.07, 6.45) is 0.401. The second-order valence-corrected chi connectivity index (χ2v) is 6.60. The molecule has 1 amide bonds. The van der Waals surface area contributed by atoms with Gasteiger partial charge in [-0.3, -0.25) is 9.59 Å². The average Bonchev–Trinajstić information content (AvgIpc) is 3.33. The zero-order valence-electron chi connectivity index (χ0n) is 16.1.